The predicted octanol–water partition coefficient (Wildman–Crippen LogP) is 7.92. The summed E-state index contributed by atoms with van der Waals surface area (Å²) >= 11 is 0. The van der Waals surface area contributed by atoms with Crippen molar-refractivity contribution in [3.63, 3.8) is 0 Å². The molecule has 1 aliphatic carbocycles. The van der Waals surface area contributed by atoms with Gasteiger partial charge in [0, 0.05) is 19.5 Å². The van der Waals surface area contributed by atoms with Gasteiger partial charge in [-0.05, 0) is 67.3 Å². The number of rotatable bonds is 6. The molecule has 3 nitrogen and oxygen atoms in total. The lowest BCUT2D eigenvalue weighted by Gasteiger charge is -2.27. The first-order valence-corrected chi connectivity index (χ1v) is 12.9. The van der Waals surface area contributed by atoms with E-state index in [4.69, 9.17) is 0 Å². The van der Waals surface area contributed by atoms with Crippen molar-refractivity contribution in [2.24, 2.45) is 17.8 Å². The number of aryl methyl sites for hydroxylation is 2. The summed E-state index contributed by atoms with van der Waals surface area (Å²) < 4.78 is 13.3. The van der Waals surface area contributed by atoms with Crippen LogP contribution in [-0.4, -0.2) is 24.1 Å². The minimum Gasteiger partial charge on any atom is -0.362 e. The summed E-state index contributed by atoms with van der Waals surface area (Å²) in [4.78, 5) is 10.8. The Morgan fingerprint density at radius 1 is 1.00 bits per heavy atom. The van der Waals surface area contributed by atoms with Crippen LogP contribution in [0.4, 0.5) is 10.2 Å². The Kier molecular flexibility index (Phi) is 9.44. The molecular weight excluding hydrogens is 421 g/mol. The van der Waals surface area contributed by atoms with Crippen molar-refractivity contribution in [3.05, 3.63) is 65.2 Å². The topological polar surface area (TPSA) is 29.0 Å². The number of hydrogen-bond acceptors (Lipinski definition) is 3. The average Bonchev–Trinajstić information content (AvgIpc) is 2.81. The molecule has 1 aromatic heterocycles. The lowest BCUT2D eigenvalue weighted by molar-refractivity contribution is 0.262. The third-order valence-electron chi connectivity index (χ3n) is 7.13. The highest BCUT2D eigenvalue weighted by Gasteiger charge is 2.18. The van der Waals surface area contributed by atoms with Gasteiger partial charge in [-0.2, -0.15) is 0 Å². The summed E-state index contributed by atoms with van der Waals surface area (Å²) in [6.45, 7) is 8.49. The van der Waals surface area contributed by atoms with Gasteiger partial charge < -0.3 is 4.90 Å². The van der Waals surface area contributed by atoms with Gasteiger partial charge in [-0.1, -0.05) is 76.6 Å². The SMILES string of the molecule is Cc1cc(CC(C)CCC2CCC(C)CC2)ccc1F.Cc1nc(N(C)C)c2ccccc2n1. The Hall–Kier alpha value is -2.49. The first-order chi connectivity index (χ1) is 16.2. The Morgan fingerprint density at radius 2 is 1.71 bits per heavy atom. The molecule has 1 atom stereocenters. The number of halogens is 1. The molecule has 4 heteroatoms. The van der Waals surface area contributed by atoms with Crippen LogP contribution in [0.3, 0.4) is 0 Å². The first-order valence-electron chi connectivity index (χ1n) is 12.9. The number of benzene rings is 2. The molecule has 3 aromatic rings. The molecule has 184 valence electrons. The molecule has 4 rings (SSSR count). The van der Waals surface area contributed by atoms with E-state index in [0.717, 1.165) is 46.4 Å². The molecule has 1 aliphatic rings. The van der Waals surface area contributed by atoms with E-state index < -0.39 is 0 Å². The standard InChI is InChI=1S/C19H29F.C11H13N3/c1-14-4-7-17(8-5-14)9-6-15(2)12-18-10-11-19(20)16(3)13-18;1-8-12-10-7-5-4-6-9(10)11(13-8)14(2)3/h10-11,13-15,17H,4-9,12H2,1-3H3;4-7H,1-3H3. The van der Waals surface area contributed by atoms with Gasteiger partial charge in [0.2, 0.25) is 0 Å². The second kappa shape index (κ2) is 12.3. The van der Waals surface area contributed by atoms with Gasteiger partial charge in [0.05, 0.1) is 5.52 Å². The van der Waals surface area contributed by atoms with Crippen molar-refractivity contribution in [1.82, 2.24) is 9.97 Å². The Bertz CT molecular complexity index is 1050. The Balaban J connectivity index is 0.000000202. The van der Waals surface area contributed by atoms with Gasteiger partial charge in [-0.15, -0.1) is 0 Å². The lowest BCUT2D eigenvalue weighted by Crippen LogP contribution is -2.13. The van der Waals surface area contributed by atoms with Crippen molar-refractivity contribution in [2.45, 2.75) is 72.6 Å². The maximum Gasteiger partial charge on any atom is 0.139 e. The maximum atomic E-state index is 13.3. The number of anilines is 1. The lowest BCUT2D eigenvalue weighted by atomic mass is 9.79. The fraction of sp³-hybridized carbons (Fsp3) is 0.533. The fourth-order valence-corrected chi connectivity index (χ4v) is 4.99. The summed E-state index contributed by atoms with van der Waals surface area (Å²) in [7, 11) is 3.99. The number of nitrogens with zero attached hydrogens (tertiary/aromatic N) is 3. The summed E-state index contributed by atoms with van der Waals surface area (Å²) in [6.07, 6.45) is 9.51. The molecule has 0 N–H and O–H groups in total. The maximum absolute atomic E-state index is 13.3. The summed E-state index contributed by atoms with van der Waals surface area (Å²) in [5, 5.41) is 1.10. The molecule has 0 radical (unpaired) electrons. The molecule has 0 aliphatic heterocycles. The van der Waals surface area contributed by atoms with Crippen LogP contribution >= 0.6 is 0 Å². The van der Waals surface area contributed by atoms with E-state index in [1.54, 1.807) is 6.07 Å². The Morgan fingerprint density at radius 3 is 2.38 bits per heavy atom. The molecule has 1 unspecified atom stereocenters. The number of hydrogen-bond donors (Lipinski definition) is 0. The summed E-state index contributed by atoms with van der Waals surface area (Å²) in [6, 6.07) is 13.6. The third kappa shape index (κ3) is 7.51. The average molecular weight is 464 g/mol. The van der Waals surface area contributed by atoms with Crippen molar-refractivity contribution in [1.29, 1.82) is 0 Å². The largest absolute Gasteiger partial charge is 0.362 e. The van der Waals surface area contributed by atoms with Crippen LogP contribution < -0.4 is 4.90 Å². The van der Waals surface area contributed by atoms with Crippen LogP contribution in [0.25, 0.3) is 10.9 Å². The van der Waals surface area contributed by atoms with Gasteiger partial charge in [0.25, 0.3) is 0 Å². The minimum absolute atomic E-state index is 0.0854. The van der Waals surface area contributed by atoms with Gasteiger partial charge in [0.1, 0.15) is 17.5 Å². The molecule has 1 heterocycles. The van der Waals surface area contributed by atoms with Crippen molar-refractivity contribution in [2.75, 3.05) is 19.0 Å². The zero-order chi connectivity index (χ0) is 24.7. The zero-order valence-electron chi connectivity index (χ0n) is 21.9. The van der Waals surface area contributed by atoms with Gasteiger partial charge >= 0.3 is 0 Å². The van der Waals surface area contributed by atoms with Crippen LogP contribution in [0.2, 0.25) is 0 Å². The molecule has 1 saturated carbocycles. The second-order valence-corrected chi connectivity index (χ2v) is 10.6. The highest BCUT2D eigenvalue weighted by atomic mass is 19.1. The van der Waals surface area contributed by atoms with Crippen molar-refractivity contribution in [3.8, 4) is 0 Å². The quantitative estimate of drug-likeness (QED) is 0.372. The summed E-state index contributed by atoms with van der Waals surface area (Å²) in [5.41, 5.74) is 3.06. The van der Waals surface area contributed by atoms with Gasteiger partial charge in [-0.25, -0.2) is 14.4 Å². The van der Waals surface area contributed by atoms with Crippen molar-refractivity contribution < 1.29 is 4.39 Å². The number of aromatic nitrogens is 2. The van der Waals surface area contributed by atoms with Gasteiger partial charge in [-0.3, -0.25) is 0 Å². The van der Waals surface area contributed by atoms with Gasteiger partial charge in [0.15, 0.2) is 0 Å². The third-order valence-corrected chi connectivity index (χ3v) is 7.13. The molecule has 0 saturated heterocycles. The van der Waals surface area contributed by atoms with E-state index in [0.29, 0.717) is 5.92 Å². The van der Waals surface area contributed by atoms with E-state index in [1.165, 1.54) is 44.1 Å². The molecule has 0 spiro atoms. The smallest absolute Gasteiger partial charge is 0.139 e. The molecule has 0 amide bonds. The normalized spacial score (nSPS) is 18.8. The molecule has 1 fully saturated rings. The van der Waals surface area contributed by atoms with E-state index in [-0.39, 0.29) is 5.82 Å². The molecular formula is C30H42FN3. The first kappa shape index (κ1) is 26.1. The van der Waals surface area contributed by atoms with Crippen LogP contribution in [-0.2, 0) is 6.42 Å². The highest BCUT2D eigenvalue weighted by molar-refractivity contribution is 5.89. The van der Waals surface area contributed by atoms with E-state index in [1.807, 2.05) is 69.2 Å². The molecule has 2 aromatic carbocycles. The van der Waals surface area contributed by atoms with E-state index in [9.17, 15) is 4.39 Å². The zero-order valence-corrected chi connectivity index (χ0v) is 21.9. The number of fused-ring (bicyclic) bond motifs is 1. The number of para-hydroxylation sites is 1. The van der Waals surface area contributed by atoms with E-state index in [2.05, 4.69) is 23.8 Å². The second-order valence-electron chi connectivity index (χ2n) is 10.6. The predicted molar refractivity (Wildman–Crippen MR) is 143 cm³/mol. The molecule has 34 heavy (non-hydrogen) atoms. The minimum atomic E-state index is -0.0854. The van der Waals surface area contributed by atoms with Crippen LogP contribution in [0.1, 0.15) is 69.3 Å². The van der Waals surface area contributed by atoms with Crippen LogP contribution in [0.5, 0.6) is 0 Å². The monoisotopic (exact) mass is 463 g/mol. The molecule has 0 bridgehead atoms. The van der Waals surface area contributed by atoms with Crippen LogP contribution in [0.15, 0.2) is 42.5 Å². The highest BCUT2D eigenvalue weighted by Crippen LogP contribution is 2.32. The fourth-order valence-electron chi connectivity index (χ4n) is 4.99. The Labute approximate surface area is 205 Å². The summed E-state index contributed by atoms with van der Waals surface area (Å²) in [5.74, 6) is 4.33. The van der Waals surface area contributed by atoms with Crippen molar-refractivity contribution >= 4 is 16.7 Å². The van der Waals surface area contributed by atoms with Crippen LogP contribution in [0, 0.1) is 37.4 Å². The van der Waals surface area contributed by atoms with E-state index >= 15 is 0 Å².